The Kier molecular flexibility index (Phi) is 3.35. The summed E-state index contributed by atoms with van der Waals surface area (Å²) in [5, 5.41) is 10.2. The van der Waals surface area contributed by atoms with Gasteiger partial charge in [0.1, 0.15) is 23.8 Å². The Hall–Kier alpha value is -1.13. The van der Waals surface area contributed by atoms with Gasteiger partial charge in [-0.2, -0.15) is 0 Å². The van der Waals surface area contributed by atoms with Crippen LogP contribution in [0.4, 0.5) is 4.39 Å². The Bertz CT molecular complexity index is 406. The van der Waals surface area contributed by atoms with Gasteiger partial charge in [-0.05, 0) is 37.3 Å². The molecule has 0 radical (unpaired) electrons. The fourth-order valence-electron chi connectivity index (χ4n) is 1.84. The first-order valence-corrected chi connectivity index (χ1v) is 5.86. The molecule has 1 saturated carbocycles. The van der Waals surface area contributed by atoms with Crippen LogP contribution in [0.2, 0.25) is 0 Å². The zero-order valence-corrected chi connectivity index (χ0v) is 9.95. The fraction of sp³-hybridized carbons (Fsp3) is 0.538. The summed E-state index contributed by atoms with van der Waals surface area (Å²) >= 11 is 0. The predicted molar refractivity (Wildman–Crippen MR) is 63.4 cm³/mol. The van der Waals surface area contributed by atoms with Crippen LogP contribution in [-0.2, 0) is 0 Å². The van der Waals surface area contributed by atoms with Gasteiger partial charge in [0.05, 0.1) is 0 Å². The maximum absolute atomic E-state index is 13.3. The molecule has 1 unspecified atom stereocenters. The van der Waals surface area contributed by atoms with Crippen molar-refractivity contribution in [3.63, 3.8) is 0 Å². The highest BCUT2D eigenvalue weighted by atomic mass is 19.1. The molecule has 1 fully saturated rings. The van der Waals surface area contributed by atoms with Crippen LogP contribution in [0, 0.1) is 18.7 Å². The van der Waals surface area contributed by atoms with E-state index in [1.807, 2.05) is 0 Å². The first-order valence-electron chi connectivity index (χ1n) is 5.86. The molecule has 4 heteroatoms. The Balaban J connectivity index is 1.98. The van der Waals surface area contributed by atoms with Crippen molar-refractivity contribution in [2.75, 3.05) is 13.2 Å². The van der Waals surface area contributed by atoms with Gasteiger partial charge in [0, 0.05) is 12.6 Å². The average Bonchev–Trinajstić information content (AvgIpc) is 3.14. The number of nitrogens with two attached hydrogens (primary N) is 1. The van der Waals surface area contributed by atoms with Crippen molar-refractivity contribution >= 4 is 0 Å². The van der Waals surface area contributed by atoms with Gasteiger partial charge in [-0.25, -0.2) is 4.39 Å². The maximum atomic E-state index is 13.3. The molecule has 0 bridgehead atoms. The predicted octanol–water partition coefficient (Wildman–Crippen LogP) is 1.61. The standard InChI is InChI=1S/C13H18FNO2/c1-9-2-5-11(6-12(9)14)17-8-13(16,7-15)10-3-4-10/h2,5-6,10,16H,3-4,7-8,15H2,1H3. The summed E-state index contributed by atoms with van der Waals surface area (Å²) in [6.07, 6.45) is 1.97. The highest BCUT2D eigenvalue weighted by Gasteiger charge is 2.43. The van der Waals surface area contributed by atoms with Crippen LogP contribution < -0.4 is 10.5 Å². The van der Waals surface area contributed by atoms with Crippen molar-refractivity contribution in [2.24, 2.45) is 11.7 Å². The first kappa shape index (κ1) is 12.3. The maximum Gasteiger partial charge on any atom is 0.129 e. The van der Waals surface area contributed by atoms with Crippen LogP contribution in [0.3, 0.4) is 0 Å². The average molecular weight is 239 g/mol. The molecule has 0 spiro atoms. The van der Waals surface area contributed by atoms with Crippen LogP contribution in [0.15, 0.2) is 18.2 Å². The van der Waals surface area contributed by atoms with E-state index >= 15 is 0 Å². The molecule has 1 atom stereocenters. The van der Waals surface area contributed by atoms with Gasteiger partial charge in [0.25, 0.3) is 0 Å². The van der Waals surface area contributed by atoms with Gasteiger partial charge in [-0.3, -0.25) is 0 Å². The molecule has 0 aliphatic heterocycles. The molecular formula is C13H18FNO2. The SMILES string of the molecule is Cc1ccc(OCC(O)(CN)C2CC2)cc1F. The molecule has 0 saturated heterocycles. The van der Waals surface area contributed by atoms with Crippen molar-refractivity contribution < 1.29 is 14.2 Å². The number of aliphatic hydroxyl groups is 1. The molecule has 1 aliphatic rings. The molecule has 3 N–H and O–H groups in total. The van der Waals surface area contributed by atoms with E-state index in [1.165, 1.54) is 6.07 Å². The molecule has 2 rings (SSSR count). The first-order chi connectivity index (χ1) is 8.05. The van der Waals surface area contributed by atoms with Crippen molar-refractivity contribution in [2.45, 2.75) is 25.4 Å². The second-order valence-corrected chi connectivity index (χ2v) is 4.78. The molecule has 17 heavy (non-hydrogen) atoms. The summed E-state index contributed by atoms with van der Waals surface area (Å²) in [7, 11) is 0. The highest BCUT2D eigenvalue weighted by molar-refractivity contribution is 5.28. The molecule has 0 aromatic heterocycles. The zero-order chi connectivity index (χ0) is 12.5. The summed E-state index contributed by atoms with van der Waals surface area (Å²) in [6, 6.07) is 4.69. The number of benzene rings is 1. The normalized spacial score (nSPS) is 18.8. The second kappa shape index (κ2) is 4.63. The molecular weight excluding hydrogens is 221 g/mol. The molecule has 1 aromatic carbocycles. The van der Waals surface area contributed by atoms with Crippen LogP contribution in [-0.4, -0.2) is 23.9 Å². The number of rotatable bonds is 5. The molecule has 3 nitrogen and oxygen atoms in total. The number of halogens is 1. The third kappa shape index (κ3) is 2.76. The van der Waals surface area contributed by atoms with E-state index in [4.69, 9.17) is 10.5 Å². The van der Waals surface area contributed by atoms with Crippen molar-refractivity contribution in [1.29, 1.82) is 0 Å². The molecule has 1 aliphatic carbocycles. The Labute approximate surface area is 100 Å². The van der Waals surface area contributed by atoms with Crippen molar-refractivity contribution in [3.8, 4) is 5.75 Å². The largest absolute Gasteiger partial charge is 0.490 e. The molecule has 94 valence electrons. The Morgan fingerprint density at radius 1 is 1.53 bits per heavy atom. The summed E-state index contributed by atoms with van der Waals surface area (Å²) in [5.41, 5.74) is 5.17. The monoisotopic (exact) mass is 239 g/mol. The number of hydrogen-bond donors (Lipinski definition) is 2. The van der Waals surface area contributed by atoms with E-state index in [2.05, 4.69) is 0 Å². The van der Waals surface area contributed by atoms with E-state index in [-0.39, 0.29) is 24.9 Å². The van der Waals surface area contributed by atoms with Crippen LogP contribution >= 0.6 is 0 Å². The van der Waals surface area contributed by atoms with E-state index < -0.39 is 5.60 Å². The lowest BCUT2D eigenvalue weighted by molar-refractivity contribution is -0.0163. The van der Waals surface area contributed by atoms with Gasteiger partial charge in [0.15, 0.2) is 0 Å². The van der Waals surface area contributed by atoms with E-state index in [0.717, 1.165) is 12.8 Å². The Morgan fingerprint density at radius 2 is 2.24 bits per heavy atom. The highest BCUT2D eigenvalue weighted by Crippen LogP contribution is 2.39. The summed E-state index contributed by atoms with van der Waals surface area (Å²) in [5.74, 6) is 0.355. The van der Waals surface area contributed by atoms with Gasteiger partial charge >= 0.3 is 0 Å². The lowest BCUT2D eigenvalue weighted by atomic mass is 9.99. The third-order valence-electron chi connectivity index (χ3n) is 3.32. The number of hydrogen-bond acceptors (Lipinski definition) is 3. The molecule has 1 aromatic rings. The minimum absolute atomic E-state index is 0.122. The number of ether oxygens (including phenoxy) is 1. The smallest absolute Gasteiger partial charge is 0.129 e. The minimum atomic E-state index is -0.971. The summed E-state index contributed by atoms with van der Waals surface area (Å²) in [4.78, 5) is 0. The second-order valence-electron chi connectivity index (χ2n) is 4.78. The lowest BCUT2D eigenvalue weighted by Crippen LogP contribution is -2.45. The zero-order valence-electron chi connectivity index (χ0n) is 9.95. The van der Waals surface area contributed by atoms with Gasteiger partial charge in [0.2, 0.25) is 0 Å². The van der Waals surface area contributed by atoms with E-state index in [1.54, 1.807) is 19.1 Å². The summed E-state index contributed by atoms with van der Waals surface area (Å²) < 4.78 is 18.7. The van der Waals surface area contributed by atoms with Crippen LogP contribution in [0.25, 0.3) is 0 Å². The Morgan fingerprint density at radius 3 is 2.76 bits per heavy atom. The van der Waals surface area contributed by atoms with E-state index in [9.17, 15) is 9.50 Å². The molecule has 0 heterocycles. The quantitative estimate of drug-likeness (QED) is 0.820. The summed E-state index contributed by atoms with van der Waals surface area (Å²) in [6.45, 7) is 1.99. The third-order valence-corrected chi connectivity index (χ3v) is 3.32. The lowest BCUT2D eigenvalue weighted by Gasteiger charge is -2.26. The minimum Gasteiger partial charge on any atom is -0.490 e. The van der Waals surface area contributed by atoms with Gasteiger partial charge in [-0.1, -0.05) is 6.07 Å². The van der Waals surface area contributed by atoms with Crippen LogP contribution in [0.1, 0.15) is 18.4 Å². The van der Waals surface area contributed by atoms with Crippen LogP contribution in [0.5, 0.6) is 5.75 Å². The molecule has 0 amide bonds. The van der Waals surface area contributed by atoms with Crippen molar-refractivity contribution in [1.82, 2.24) is 0 Å². The van der Waals surface area contributed by atoms with E-state index in [0.29, 0.717) is 11.3 Å². The van der Waals surface area contributed by atoms with Gasteiger partial charge in [-0.15, -0.1) is 0 Å². The van der Waals surface area contributed by atoms with Crippen molar-refractivity contribution in [3.05, 3.63) is 29.6 Å². The fourth-order valence-corrected chi connectivity index (χ4v) is 1.84. The number of aryl methyl sites for hydroxylation is 1. The topological polar surface area (TPSA) is 55.5 Å². The van der Waals surface area contributed by atoms with Gasteiger partial charge < -0.3 is 15.6 Å².